The van der Waals surface area contributed by atoms with Gasteiger partial charge >= 0.3 is 0 Å². The summed E-state index contributed by atoms with van der Waals surface area (Å²) < 4.78 is 1.95. The third kappa shape index (κ3) is 4.57. The van der Waals surface area contributed by atoms with E-state index in [9.17, 15) is 14.9 Å². The van der Waals surface area contributed by atoms with Crippen LogP contribution in [0.2, 0.25) is 0 Å². The Labute approximate surface area is 168 Å². The maximum atomic E-state index is 12.0. The number of nitro benzene ring substituents is 1. The number of rotatable bonds is 6. The maximum absolute atomic E-state index is 12.0. The molecule has 7 heteroatoms. The first kappa shape index (κ1) is 20.0. The Balaban J connectivity index is 1.79. The number of aromatic nitrogens is 1. The zero-order valence-corrected chi connectivity index (χ0v) is 16.5. The molecule has 0 atom stereocenters. The van der Waals surface area contributed by atoms with Gasteiger partial charge in [-0.2, -0.15) is 5.10 Å². The van der Waals surface area contributed by atoms with Crippen molar-refractivity contribution < 1.29 is 9.72 Å². The minimum atomic E-state index is -0.401. The van der Waals surface area contributed by atoms with E-state index >= 15 is 0 Å². The molecule has 0 aliphatic rings. The summed E-state index contributed by atoms with van der Waals surface area (Å²) in [5.41, 5.74) is 7.81. The fourth-order valence-electron chi connectivity index (χ4n) is 3.24. The largest absolute Gasteiger partial charge is 0.317 e. The molecule has 29 heavy (non-hydrogen) atoms. The molecule has 0 radical (unpaired) electrons. The van der Waals surface area contributed by atoms with Crippen LogP contribution in [0.5, 0.6) is 0 Å². The number of hydrogen-bond acceptors (Lipinski definition) is 4. The highest BCUT2D eigenvalue weighted by Crippen LogP contribution is 2.26. The topological polar surface area (TPSA) is 89.5 Å². The van der Waals surface area contributed by atoms with Crippen LogP contribution in [0.25, 0.3) is 5.69 Å². The summed E-state index contributed by atoms with van der Waals surface area (Å²) in [4.78, 5) is 22.8. The summed E-state index contributed by atoms with van der Waals surface area (Å²) in [6.07, 6.45) is 1.85. The van der Waals surface area contributed by atoms with E-state index in [2.05, 4.69) is 10.5 Å². The molecule has 1 heterocycles. The summed E-state index contributed by atoms with van der Waals surface area (Å²) in [5, 5.41) is 15.2. The molecule has 3 rings (SSSR count). The fourth-order valence-corrected chi connectivity index (χ4v) is 3.24. The average Bonchev–Trinajstić information content (AvgIpc) is 2.96. The predicted octanol–water partition coefficient (Wildman–Crippen LogP) is 4.00. The van der Waals surface area contributed by atoms with Gasteiger partial charge in [-0.05, 0) is 38.0 Å². The average molecular weight is 390 g/mol. The Morgan fingerprint density at radius 2 is 1.86 bits per heavy atom. The van der Waals surface area contributed by atoms with E-state index in [1.165, 1.54) is 6.07 Å². The van der Waals surface area contributed by atoms with Gasteiger partial charge in [-0.3, -0.25) is 14.9 Å². The Morgan fingerprint density at radius 3 is 2.55 bits per heavy atom. The number of amides is 1. The molecule has 0 saturated carbocycles. The second kappa shape index (κ2) is 8.52. The van der Waals surface area contributed by atoms with Gasteiger partial charge in [-0.1, -0.05) is 36.4 Å². The molecule has 0 unspecified atom stereocenters. The Hall–Kier alpha value is -3.74. The minimum Gasteiger partial charge on any atom is -0.317 e. The maximum Gasteiger partial charge on any atom is 0.271 e. The van der Waals surface area contributed by atoms with E-state index in [1.807, 2.05) is 61.7 Å². The van der Waals surface area contributed by atoms with Gasteiger partial charge < -0.3 is 4.57 Å². The number of nitro groups is 1. The molecule has 0 spiro atoms. The molecule has 1 N–H and O–H groups in total. The van der Waals surface area contributed by atoms with Crippen LogP contribution in [0.15, 0.2) is 59.7 Å². The highest BCUT2D eigenvalue weighted by Gasteiger charge is 2.15. The van der Waals surface area contributed by atoms with E-state index in [-0.39, 0.29) is 18.0 Å². The second-order valence-electron chi connectivity index (χ2n) is 6.85. The van der Waals surface area contributed by atoms with Gasteiger partial charge in [0.25, 0.3) is 5.69 Å². The lowest BCUT2D eigenvalue weighted by Gasteiger charge is -2.12. The fraction of sp³-hybridized carbons (Fsp3) is 0.182. The van der Waals surface area contributed by atoms with Crippen molar-refractivity contribution in [1.82, 2.24) is 9.99 Å². The first-order chi connectivity index (χ1) is 13.9. The van der Waals surface area contributed by atoms with Gasteiger partial charge in [0.05, 0.1) is 23.2 Å². The van der Waals surface area contributed by atoms with Crippen LogP contribution in [-0.2, 0) is 11.2 Å². The Kier molecular flexibility index (Phi) is 5.87. The van der Waals surface area contributed by atoms with Crippen molar-refractivity contribution in [1.29, 1.82) is 0 Å². The zero-order valence-electron chi connectivity index (χ0n) is 16.5. The molecule has 1 amide bonds. The van der Waals surface area contributed by atoms with Crippen LogP contribution in [0.3, 0.4) is 0 Å². The van der Waals surface area contributed by atoms with Crippen molar-refractivity contribution in [2.75, 3.05) is 0 Å². The SMILES string of the molecule is Cc1ccc([N+](=O)[O-])cc1-n1c(C)cc(/C=N\NC(=O)Cc2ccccc2)c1C. The highest BCUT2D eigenvalue weighted by molar-refractivity contribution is 5.85. The minimum absolute atomic E-state index is 0.0430. The van der Waals surface area contributed by atoms with Crippen LogP contribution in [0.1, 0.15) is 28.1 Å². The molecule has 148 valence electrons. The van der Waals surface area contributed by atoms with Gasteiger partial charge in [-0.25, -0.2) is 5.43 Å². The lowest BCUT2D eigenvalue weighted by atomic mass is 10.1. The molecule has 3 aromatic rings. The summed E-state index contributed by atoms with van der Waals surface area (Å²) >= 11 is 0. The lowest BCUT2D eigenvalue weighted by Crippen LogP contribution is -2.19. The second-order valence-corrected chi connectivity index (χ2v) is 6.85. The van der Waals surface area contributed by atoms with Crippen molar-refractivity contribution in [3.8, 4) is 5.69 Å². The number of benzene rings is 2. The molecule has 2 aromatic carbocycles. The Bertz CT molecular complexity index is 1080. The number of hydrazone groups is 1. The van der Waals surface area contributed by atoms with E-state index < -0.39 is 4.92 Å². The Morgan fingerprint density at radius 1 is 1.14 bits per heavy atom. The van der Waals surface area contributed by atoms with Crippen LogP contribution in [0.4, 0.5) is 5.69 Å². The molecular weight excluding hydrogens is 368 g/mol. The first-order valence-corrected chi connectivity index (χ1v) is 9.17. The quantitative estimate of drug-likeness (QED) is 0.392. The monoisotopic (exact) mass is 390 g/mol. The highest BCUT2D eigenvalue weighted by atomic mass is 16.6. The molecule has 7 nitrogen and oxygen atoms in total. The van der Waals surface area contributed by atoms with E-state index in [1.54, 1.807) is 18.3 Å². The van der Waals surface area contributed by atoms with Crippen molar-refractivity contribution in [3.05, 3.63) is 92.8 Å². The van der Waals surface area contributed by atoms with Crippen LogP contribution in [-0.4, -0.2) is 21.6 Å². The number of carbonyl (C=O) groups is 1. The molecular formula is C22H22N4O3. The summed E-state index contributed by atoms with van der Waals surface area (Å²) in [7, 11) is 0. The smallest absolute Gasteiger partial charge is 0.271 e. The number of nitrogens with zero attached hydrogens (tertiary/aromatic N) is 3. The number of aryl methyl sites for hydroxylation is 2. The number of hydrogen-bond donors (Lipinski definition) is 1. The predicted molar refractivity (Wildman–Crippen MR) is 113 cm³/mol. The molecule has 1 aromatic heterocycles. The molecule has 0 fully saturated rings. The van der Waals surface area contributed by atoms with E-state index in [0.717, 1.165) is 33.8 Å². The van der Waals surface area contributed by atoms with Gasteiger partial charge in [0, 0.05) is 29.1 Å². The number of non-ortho nitro benzene ring substituents is 1. The number of nitrogens with one attached hydrogen (secondary N) is 1. The standard InChI is InChI=1S/C22H22N4O3/c1-15-9-10-20(26(28)29)13-21(15)25-16(2)11-19(17(25)3)14-23-24-22(27)12-18-7-5-4-6-8-18/h4-11,13-14H,12H2,1-3H3,(H,24,27)/b23-14-. The van der Waals surface area contributed by atoms with Crippen molar-refractivity contribution in [2.45, 2.75) is 27.2 Å². The van der Waals surface area contributed by atoms with Crippen LogP contribution in [0, 0.1) is 30.9 Å². The van der Waals surface area contributed by atoms with Crippen molar-refractivity contribution in [3.63, 3.8) is 0 Å². The number of carbonyl (C=O) groups excluding carboxylic acids is 1. The van der Waals surface area contributed by atoms with Gasteiger partial charge in [0.2, 0.25) is 5.91 Å². The van der Waals surface area contributed by atoms with Crippen molar-refractivity contribution >= 4 is 17.8 Å². The third-order valence-electron chi connectivity index (χ3n) is 4.72. The summed E-state index contributed by atoms with van der Waals surface area (Å²) in [6.45, 7) is 5.75. The van der Waals surface area contributed by atoms with Gasteiger partial charge in [0.1, 0.15) is 0 Å². The van der Waals surface area contributed by atoms with E-state index in [4.69, 9.17) is 0 Å². The molecule has 0 saturated heterocycles. The molecule has 0 aliphatic heterocycles. The first-order valence-electron chi connectivity index (χ1n) is 9.17. The van der Waals surface area contributed by atoms with Crippen LogP contribution < -0.4 is 5.43 Å². The lowest BCUT2D eigenvalue weighted by molar-refractivity contribution is -0.384. The normalized spacial score (nSPS) is 11.0. The van der Waals surface area contributed by atoms with Gasteiger partial charge in [0.15, 0.2) is 0 Å². The summed E-state index contributed by atoms with van der Waals surface area (Å²) in [6, 6.07) is 16.2. The third-order valence-corrected chi connectivity index (χ3v) is 4.72. The van der Waals surface area contributed by atoms with E-state index in [0.29, 0.717) is 0 Å². The molecule has 0 bridgehead atoms. The van der Waals surface area contributed by atoms with Crippen molar-refractivity contribution in [2.24, 2.45) is 5.10 Å². The van der Waals surface area contributed by atoms with Gasteiger partial charge in [-0.15, -0.1) is 0 Å². The zero-order chi connectivity index (χ0) is 21.0. The van der Waals surface area contributed by atoms with Crippen LogP contribution >= 0.6 is 0 Å². The molecule has 0 aliphatic carbocycles. The summed E-state index contributed by atoms with van der Waals surface area (Å²) in [5.74, 6) is -0.198.